The molecular weight excluding hydrogens is 396 g/mol. The number of nitrogens with zero attached hydrogens (tertiary/aromatic N) is 2. The van der Waals surface area contributed by atoms with Gasteiger partial charge in [-0.15, -0.1) is 6.42 Å². The Bertz CT molecular complexity index is 838. The summed E-state index contributed by atoms with van der Waals surface area (Å²) >= 11 is 3.40. The summed E-state index contributed by atoms with van der Waals surface area (Å²) in [6.07, 6.45) is 12.8. The number of rotatable bonds is 4. The summed E-state index contributed by atoms with van der Waals surface area (Å²) < 4.78 is 6.34. The lowest BCUT2D eigenvalue weighted by atomic mass is 9.63. The molecule has 2 fully saturated rings. The van der Waals surface area contributed by atoms with Gasteiger partial charge in [0, 0.05) is 10.0 Å². The summed E-state index contributed by atoms with van der Waals surface area (Å²) in [5, 5.41) is 5.26. The Labute approximate surface area is 160 Å². The normalized spacial score (nSPS) is 29.3. The summed E-state index contributed by atoms with van der Waals surface area (Å²) in [4.78, 5) is 25.6. The predicted octanol–water partition coefficient (Wildman–Crippen LogP) is 2.99. The Hall–Kier alpha value is -2.39. The number of carbonyl (C=O) groups is 2. The van der Waals surface area contributed by atoms with Crippen LogP contribution in [0.5, 0.6) is 5.75 Å². The highest BCUT2D eigenvalue weighted by Crippen LogP contribution is 2.49. The summed E-state index contributed by atoms with van der Waals surface area (Å²) in [5.41, 5.74) is 0.645. The van der Waals surface area contributed by atoms with Crippen LogP contribution >= 0.6 is 15.9 Å². The van der Waals surface area contributed by atoms with Crippen LogP contribution in [0.4, 0.5) is 0 Å². The van der Waals surface area contributed by atoms with E-state index in [0.29, 0.717) is 11.3 Å². The second-order valence-electron chi connectivity index (χ2n) is 6.75. The smallest absolute Gasteiger partial charge is 0.254 e. The molecule has 5 rings (SSSR count). The molecule has 0 spiro atoms. The fraction of sp³-hybridized carbons (Fsp3) is 0.350. The third-order valence-corrected chi connectivity index (χ3v) is 5.82. The molecule has 0 aromatic heterocycles. The number of allylic oxidation sites excluding steroid dienone is 2. The molecule has 26 heavy (non-hydrogen) atoms. The Morgan fingerprint density at radius 2 is 1.88 bits per heavy atom. The molecule has 1 saturated carbocycles. The van der Waals surface area contributed by atoms with Crippen LogP contribution in [0.3, 0.4) is 0 Å². The monoisotopic (exact) mass is 412 g/mol. The maximum atomic E-state index is 12.8. The van der Waals surface area contributed by atoms with E-state index in [9.17, 15) is 9.59 Å². The Morgan fingerprint density at radius 1 is 1.23 bits per heavy atom. The predicted molar refractivity (Wildman–Crippen MR) is 100 cm³/mol. The highest BCUT2D eigenvalue weighted by atomic mass is 79.9. The number of hydrogen-bond acceptors (Lipinski definition) is 4. The molecule has 1 aliphatic heterocycles. The Balaban J connectivity index is 1.60. The molecule has 1 aromatic carbocycles. The van der Waals surface area contributed by atoms with Gasteiger partial charge in [0.05, 0.1) is 18.1 Å². The first-order valence-electron chi connectivity index (χ1n) is 8.56. The van der Waals surface area contributed by atoms with Gasteiger partial charge in [-0.2, -0.15) is 10.1 Å². The molecule has 5 nitrogen and oxygen atoms in total. The van der Waals surface area contributed by atoms with Crippen LogP contribution in [-0.2, 0) is 9.59 Å². The lowest BCUT2D eigenvalue weighted by Crippen LogP contribution is -2.38. The fourth-order valence-electron chi connectivity index (χ4n) is 4.16. The molecule has 2 bridgehead atoms. The van der Waals surface area contributed by atoms with Gasteiger partial charge in [0.25, 0.3) is 11.8 Å². The number of hydrogen-bond donors (Lipinski definition) is 0. The Kier molecular flexibility index (Phi) is 4.41. The van der Waals surface area contributed by atoms with E-state index < -0.39 is 0 Å². The molecule has 2 amide bonds. The number of fused-ring (bicyclic) bond motifs is 1. The van der Waals surface area contributed by atoms with E-state index in [-0.39, 0.29) is 42.1 Å². The first-order valence-corrected chi connectivity index (χ1v) is 9.35. The van der Waals surface area contributed by atoms with Crippen molar-refractivity contribution < 1.29 is 14.3 Å². The van der Waals surface area contributed by atoms with E-state index in [1.54, 1.807) is 12.1 Å². The zero-order chi connectivity index (χ0) is 18.3. The van der Waals surface area contributed by atoms with Crippen LogP contribution in [0.1, 0.15) is 18.4 Å². The van der Waals surface area contributed by atoms with Crippen molar-refractivity contribution in [2.24, 2.45) is 28.8 Å². The lowest BCUT2D eigenvalue weighted by molar-refractivity contribution is -0.140. The topological polar surface area (TPSA) is 59.0 Å². The number of hydrazone groups is 1. The van der Waals surface area contributed by atoms with Crippen molar-refractivity contribution in [2.75, 3.05) is 6.61 Å². The van der Waals surface area contributed by atoms with Crippen molar-refractivity contribution in [3.05, 3.63) is 40.4 Å². The molecule has 3 aliphatic carbocycles. The third-order valence-electron chi connectivity index (χ3n) is 5.33. The minimum atomic E-state index is -0.261. The molecule has 132 valence electrons. The van der Waals surface area contributed by atoms with E-state index >= 15 is 0 Å². The highest BCUT2D eigenvalue weighted by molar-refractivity contribution is 9.10. The van der Waals surface area contributed by atoms with Crippen LogP contribution < -0.4 is 4.74 Å². The van der Waals surface area contributed by atoms with Crippen molar-refractivity contribution >= 4 is 34.0 Å². The van der Waals surface area contributed by atoms with Gasteiger partial charge in [-0.1, -0.05) is 34.0 Å². The molecular formula is C20H17BrN2O3. The average molecular weight is 413 g/mol. The molecule has 1 heterocycles. The van der Waals surface area contributed by atoms with Gasteiger partial charge >= 0.3 is 0 Å². The summed E-state index contributed by atoms with van der Waals surface area (Å²) in [5.74, 6) is 2.36. The second kappa shape index (κ2) is 6.73. The van der Waals surface area contributed by atoms with Crippen LogP contribution in [0.25, 0.3) is 0 Å². The van der Waals surface area contributed by atoms with Gasteiger partial charge in [0.15, 0.2) is 0 Å². The van der Waals surface area contributed by atoms with E-state index in [4.69, 9.17) is 11.2 Å². The average Bonchev–Trinajstić information content (AvgIpc) is 2.93. The summed E-state index contributed by atoms with van der Waals surface area (Å²) in [7, 11) is 0. The van der Waals surface area contributed by atoms with Crippen molar-refractivity contribution in [2.45, 2.75) is 12.8 Å². The number of carbonyl (C=O) groups excluding carboxylic acids is 2. The van der Waals surface area contributed by atoms with Gasteiger partial charge in [0.2, 0.25) is 0 Å². The fourth-order valence-corrected chi connectivity index (χ4v) is 4.54. The quantitative estimate of drug-likeness (QED) is 0.330. The number of imide groups is 1. The van der Waals surface area contributed by atoms with Crippen LogP contribution in [0, 0.1) is 36.0 Å². The number of benzene rings is 1. The number of amides is 2. The maximum Gasteiger partial charge on any atom is 0.254 e. The first kappa shape index (κ1) is 17.0. The minimum Gasteiger partial charge on any atom is -0.480 e. The zero-order valence-electron chi connectivity index (χ0n) is 14.0. The Morgan fingerprint density at radius 3 is 2.46 bits per heavy atom. The van der Waals surface area contributed by atoms with Gasteiger partial charge in [-0.3, -0.25) is 9.59 Å². The molecule has 1 saturated heterocycles. The van der Waals surface area contributed by atoms with Crippen molar-refractivity contribution in [1.82, 2.24) is 5.01 Å². The molecule has 6 heteroatoms. The molecule has 0 radical (unpaired) electrons. The zero-order valence-corrected chi connectivity index (χ0v) is 15.6. The third kappa shape index (κ3) is 2.77. The van der Waals surface area contributed by atoms with Crippen molar-refractivity contribution in [3.63, 3.8) is 0 Å². The van der Waals surface area contributed by atoms with Crippen LogP contribution in [-0.4, -0.2) is 29.6 Å². The molecule has 0 N–H and O–H groups in total. The van der Waals surface area contributed by atoms with Gasteiger partial charge < -0.3 is 4.74 Å². The highest BCUT2D eigenvalue weighted by Gasteiger charge is 2.56. The standard InChI is InChI=1S/C20H17BrN2O3/c1-2-9-26-16-8-7-15(21)10-14(16)11-22-23-19(24)17-12-3-4-13(6-5-12)18(17)20(23)25/h1,3-4,7-8,10-13,17-18H,5-6,9H2/b22-11-/t12-,13-,17+,18+/m0/s1. The van der Waals surface area contributed by atoms with Crippen molar-refractivity contribution in [3.8, 4) is 18.1 Å². The van der Waals surface area contributed by atoms with E-state index in [1.807, 2.05) is 6.07 Å². The maximum absolute atomic E-state index is 12.8. The van der Waals surface area contributed by atoms with Crippen LogP contribution in [0.15, 0.2) is 39.9 Å². The lowest BCUT2D eigenvalue weighted by Gasteiger charge is -2.37. The van der Waals surface area contributed by atoms with E-state index in [2.05, 4.69) is 39.1 Å². The molecule has 4 aliphatic rings. The number of ether oxygens (including phenoxy) is 1. The second-order valence-corrected chi connectivity index (χ2v) is 7.66. The van der Waals surface area contributed by atoms with E-state index in [1.165, 1.54) is 6.21 Å². The minimum absolute atomic E-state index is 0.128. The van der Waals surface area contributed by atoms with Crippen molar-refractivity contribution in [1.29, 1.82) is 0 Å². The van der Waals surface area contributed by atoms with Gasteiger partial charge in [0.1, 0.15) is 12.4 Å². The van der Waals surface area contributed by atoms with Gasteiger partial charge in [-0.05, 0) is 42.9 Å². The molecule has 1 aromatic rings. The first-order chi connectivity index (χ1) is 12.6. The molecule has 0 unspecified atom stereocenters. The van der Waals surface area contributed by atoms with E-state index in [0.717, 1.165) is 22.3 Å². The summed E-state index contributed by atoms with van der Waals surface area (Å²) in [6, 6.07) is 5.40. The molecule has 4 atom stereocenters. The number of terminal acetylenes is 1. The SMILES string of the molecule is C#CCOc1ccc(Br)cc1/C=N\N1C(=O)[C@H]2[C@H](C1=O)[C@H]1C=C[C@H]2CC1. The largest absolute Gasteiger partial charge is 0.480 e. The van der Waals surface area contributed by atoms with Gasteiger partial charge in [-0.25, -0.2) is 0 Å². The van der Waals surface area contributed by atoms with Crippen LogP contribution in [0.2, 0.25) is 0 Å². The number of halogens is 1. The summed E-state index contributed by atoms with van der Waals surface area (Å²) in [6.45, 7) is 0.128.